The highest BCUT2D eigenvalue weighted by atomic mass is 35.5. The molecule has 0 atom stereocenters. The maximum atomic E-state index is 5.92. The Morgan fingerprint density at radius 3 is 2.91 bits per heavy atom. The molecular formula is C7H8Cl2N2. The number of rotatable bonds is 2. The van der Waals surface area contributed by atoms with Crippen LogP contribution in [0.25, 0.3) is 0 Å². The summed E-state index contributed by atoms with van der Waals surface area (Å²) in [6.07, 6.45) is 4.11. The predicted molar refractivity (Wildman–Crippen MR) is 45.1 cm³/mol. The molecule has 2 rings (SSSR count). The van der Waals surface area contributed by atoms with Crippen molar-refractivity contribution in [1.29, 1.82) is 0 Å². The van der Waals surface area contributed by atoms with Gasteiger partial charge in [0.05, 0.1) is 16.9 Å². The van der Waals surface area contributed by atoms with Crippen LogP contribution in [0.2, 0.25) is 5.02 Å². The Hall–Kier alpha value is -0.210. The highest BCUT2D eigenvalue weighted by Gasteiger charge is 2.29. The SMILES string of the molecule is ClCn1ncc(Cl)c1C1CC1. The first-order chi connectivity index (χ1) is 5.33. The van der Waals surface area contributed by atoms with Gasteiger partial charge in [0.15, 0.2) is 0 Å². The molecule has 1 saturated carbocycles. The van der Waals surface area contributed by atoms with E-state index in [0.29, 0.717) is 11.9 Å². The van der Waals surface area contributed by atoms with Gasteiger partial charge in [0, 0.05) is 5.92 Å². The Morgan fingerprint density at radius 2 is 2.36 bits per heavy atom. The standard InChI is InChI=1S/C7H8Cl2N2/c8-4-11-7(5-1-2-5)6(9)3-10-11/h3,5H,1-2,4H2. The Morgan fingerprint density at radius 1 is 1.64 bits per heavy atom. The third kappa shape index (κ3) is 1.25. The average Bonchev–Trinajstić information content (AvgIpc) is 2.76. The van der Waals surface area contributed by atoms with Crippen molar-refractivity contribution in [3.63, 3.8) is 0 Å². The van der Waals surface area contributed by atoms with Crippen LogP contribution >= 0.6 is 23.2 Å². The largest absolute Gasteiger partial charge is 0.253 e. The van der Waals surface area contributed by atoms with Gasteiger partial charge in [-0.25, -0.2) is 0 Å². The average molecular weight is 191 g/mol. The van der Waals surface area contributed by atoms with Gasteiger partial charge in [0.2, 0.25) is 0 Å². The van der Waals surface area contributed by atoms with E-state index in [1.807, 2.05) is 0 Å². The zero-order valence-corrected chi connectivity index (χ0v) is 7.44. The molecule has 0 saturated heterocycles. The summed E-state index contributed by atoms with van der Waals surface area (Å²) < 4.78 is 1.77. The minimum Gasteiger partial charge on any atom is -0.253 e. The highest BCUT2D eigenvalue weighted by Crippen LogP contribution is 2.43. The molecular weight excluding hydrogens is 183 g/mol. The fraction of sp³-hybridized carbons (Fsp3) is 0.571. The van der Waals surface area contributed by atoms with Crippen LogP contribution in [0.5, 0.6) is 0 Å². The smallest absolute Gasteiger partial charge is 0.115 e. The number of hydrogen-bond donors (Lipinski definition) is 0. The summed E-state index contributed by atoms with van der Waals surface area (Å²) in [5.41, 5.74) is 1.11. The molecule has 4 heteroatoms. The minimum atomic E-state index is 0.401. The third-order valence-electron chi connectivity index (χ3n) is 1.91. The second-order valence-corrected chi connectivity index (χ2v) is 3.42. The van der Waals surface area contributed by atoms with Gasteiger partial charge >= 0.3 is 0 Å². The summed E-state index contributed by atoms with van der Waals surface area (Å²) in [6, 6.07) is 0.401. The van der Waals surface area contributed by atoms with Gasteiger partial charge in [-0.2, -0.15) is 5.10 Å². The van der Waals surface area contributed by atoms with E-state index in [1.54, 1.807) is 10.9 Å². The van der Waals surface area contributed by atoms with E-state index in [4.69, 9.17) is 23.2 Å². The van der Waals surface area contributed by atoms with Crippen molar-refractivity contribution in [2.24, 2.45) is 0 Å². The molecule has 60 valence electrons. The Bertz CT molecular complexity index is 265. The molecule has 0 aliphatic heterocycles. The molecule has 2 nitrogen and oxygen atoms in total. The lowest BCUT2D eigenvalue weighted by Crippen LogP contribution is -1.99. The van der Waals surface area contributed by atoms with Crippen molar-refractivity contribution in [1.82, 2.24) is 9.78 Å². The van der Waals surface area contributed by atoms with E-state index in [-0.39, 0.29) is 0 Å². The second-order valence-electron chi connectivity index (χ2n) is 2.77. The zero-order valence-electron chi connectivity index (χ0n) is 5.93. The normalized spacial score (nSPS) is 17.3. The van der Waals surface area contributed by atoms with Crippen LogP contribution < -0.4 is 0 Å². The highest BCUT2D eigenvalue weighted by molar-refractivity contribution is 6.31. The number of hydrogen-bond acceptors (Lipinski definition) is 1. The first-order valence-electron chi connectivity index (χ1n) is 3.60. The molecule has 0 N–H and O–H groups in total. The topological polar surface area (TPSA) is 17.8 Å². The fourth-order valence-corrected chi connectivity index (χ4v) is 1.72. The van der Waals surface area contributed by atoms with Gasteiger partial charge in [0.1, 0.15) is 6.00 Å². The lowest BCUT2D eigenvalue weighted by Gasteiger charge is -2.00. The monoisotopic (exact) mass is 190 g/mol. The molecule has 1 aliphatic rings. The fourth-order valence-electron chi connectivity index (χ4n) is 1.23. The number of alkyl halides is 1. The summed E-state index contributed by atoms with van der Waals surface area (Å²) in [5.74, 6) is 0.615. The molecule has 0 amide bonds. The maximum Gasteiger partial charge on any atom is 0.115 e. The van der Waals surface area contributed by atoms with Crippen LogP contribution in [0.3, 0.4) is 0 Å². The van der Waals surface area contributed by atoms with E-state index in [2.05, 4.69) is 5.10 Å². The van der Waals surface area contributed by atoms with E-state index >= 15 is 0 Å². The summed E-state index contributed by atoms with van der Waals surface area (Å²) in [5, 5.41) is 4.81. The Labute approximate surface area is 75.1 Å². The van der Waals surface area contributed by atoms with Gasteiger partial charge < -0.3 is 0 Å². The number of nitrogens with zero attached hydrogens (tertiary/aromatic N) is 2. The van der Waals surface area contributed by atoms with E-state index < -0.39 is 0 Å². The van der Waals surface area contributed by atoms with E-state index in [9.17, 15) is 0 Å². The summed E-state index contributed by atoms with van der Waals surface area (Å²) >= 11 is 11.6. The van der Waals surface area contributed by atoms with Crippen LogP contribution in [0.4, 0.5) is 0 Å². The molecule has 1 aromatic rings. The van der Waals surface area contributed by atoms with Gasteiger partial charge in [-0.1, -0.05) is 11.6 Å². The predicted octanol–water partition coefficient (Wildman–Crippen LogP) is 2.61. The molecule has 1 heterocycles. The molecule has 1 aromatic heterocycles. The lowest BCUT2D eigenvalue weighted by molar-refractivity contribution is 0.694. The van der Waals surface area contributed by atoms with Gasteiger partial charge in [-0.3, -0.25) is 4.68 Å². The van der Waals surface area contributed by atoms with Crippen molar-refractivity contribution in [2.75, 3.05) is 0 Å². The molecule has 0 bridgehead atoms. The van der Waals surface area contributed by atoms with Crippen LogP contribution in [0, 0.1) is 0 Å². The molecule has 0 radical (unpaired) electrons. The van der Waals surface area contributed by atoms with Gasteiger partial charge in [-0.15, -0.1) is 11.6 Å². The zero-order chi connectivity index (χ0) is 7.84. The summed E-state index contributed by atoms with van der Waals surface area (Å²) in [6.45, 7) is 0. The van der Waals surface area contributed by atoms with Crippen LogP contribution in [0.15, 0.2) is 6.20 Å². The number of halogens is 2. The Kier molecular flexibility index (Phi) is 1.81. The Balaban J connectivity index is 2.38. The minimum absolute atomic E-state index is 0.401. The molecule has 0 spiro atoms. The first kappa shape index (κ1) is 7.44. The quantitative estimate of drug-likeness (QED) is 0.657. The maximum absolute atomic E-state index is 5.92. The van der Waals surface area contributed by atoms with Crippen molar-refractivity contribution >= 4 is 23.2 Å². The summed E-state index contributed by atoms with van der Waals surface area (Å²) in [7, 11) is 0. The van der Waals surface area contributed by atoms with Crippen molar-refractivity contribution < 1.29 is 0 Å². The van der Waals surface area contributed by atoms with Crippen molar-refractivity contribution in [2.45, 2.75) is 24.8 Å². The summed E-state index contributed by atoms with van der Waals surface area (Å²) in [4.78, 5) is 0. The number of aromatic nitrogens is 2. The van der Waals surface area contributed by atoms with Gasteiger partial charge in [0.25, 0.3) is 0 Å². The molecule has 1 aliphatic carbocycles. The molecule has 1 fully saturated rings. The third-order valence-corrected chi connectivity index (χ3v) is 2.43. The van der Waals surface area contributed by atoms with Crippen LogP contribution in [0.1, 0.15) is 24.5 Å². The molecule has 0 aromatic carbocycles. The van der Waals surface area contributed by atoms with Crippen molar-refractivity contribution in [3.8, 4) is 0 Å². The van der Waals surface area contributed by atoms with Crippen LogP contribution in [-0.2, 0) is 6.00 Å². The molecule has 0 unspecified atom stereocenters. The van der Waals surface area contributed by atoms with Crippen molar-refractivity contribution in [3.05, 3.63) is 16.9 Å². The first-order valence-corrected chi connectivity index (χ1v) is 4.51. The van der Waals surface area contributed by atoms with E-state index in [0.717, 1.165) is 10.7 Å². The lowest BCUT2D eigenvalue weighted by atomic mass is 10.3. The second kappa shape index (κ2) is 2.68. The van der Waals surface area contributed by atoms with Crippen LogP contribution in [-0.4, -0.2) is 9.78 Å². The van der Waals surface area contributed by atoms with E-state index in [1.165, 1.54) is 12.8 Å². The van der Waals surface area contributed by atoms with Gasteiger partial charge in [-0.05, 0) is 12.8 Å². The molecule has 11 heavy (non-hydrogen) atoms.